The maximum absolute atomic E-state index is 12.6. The summed E-state index contributed by atoms with van der Waals surface area (Å²) in [4.78, 5) is 27.3. The Labute approximate surface area is 126 Å². The van der Waals surface area contributed by atoms with Crippen LogP contribution >= 0.6 is 0 Å². The molecule has 2 unspecified atom stereocenters. The van der Waals surface area contributed by atoms with E-state index in [1.54, 1.807) is 11.9 Å². The van der Waals surface area contributed by atoms with Crippen LogP contribution in [0, 0.1) is 11.3 Å². The quantitative estimate of drug-likeness (QED) is 0.857. The number of hydrogen-bond acceptors (Lipinski definition) is 3. The highest BCUT2D eigenvalue weighted by Crippen LogP contribution is 2.37. The Balaban J connectivity index is 2.02. The molecule has 0 spiro atoms. The first kappa shape index (κ1) is 16.1. The highest BCUT2D eigenvalue weighted by Gasteiger charge is 2.42. The van der Waals surface area contributed by atoms with Crippen LogP contribution in [-0.2, 0) is 9.53 Å². The summed E-state index contributed by atoms with van der Waals surface area (Å²) in [5, 5.41) is 9.21. The Morgan fingerprint density at radius 3 is 2.52 bits per heavy atom. The molecule has 0 aliphatic carbocycles. The third-order valence-corrected chi connectivity index (χ3v) is 5.38. The van der Waals surface area contributed by atoms with Crippen molar-refractivity contribution in [1.82, 2.24) is 9.80 Å². The molecule has 2 fully saturated rings. The molecule has 2 atom stereocenters. The number of aliphatic carboxylic acids is 1. The fourth-order valence-corrected chi connectivity index (χ4v) is 3.45. The Morgan fingerprint density at radius 1 is 1.33 bits per heavy atom. The molecule has 0 aromatic heterocycles. The van der Waals surface area contributed by atoms with Crippen LogP contribution in [0.2, 0.25) is 0 Å². The lowest BCUT2D eigenvalue weighted by atomic mass is 9.82. The van der Waals surface area contributed by atoms with E-state index in [0.29, 0.717) is 6.61 Å². The molecular weight excluding hydrogens is 272 g/mol. The van der Waals surface area contributed by atoms with Crippen molar-refractivity contribution in [3.63, 3.8) is 0 Å². The van der Waals surface area contributed by atoms with Crippen LogP contribution in [-0.4, -0.2) is 66.3 Å². The van der Waals surface area contributed by atoms with Gasteiger partial charge >= 0.3 is 12.0 Å². The summed E-state index contributed by atoms with van der Waals surface area (Å²) in [6.07, 6.45) is 3.17. The van der Waals surface area contributed by atoms with E-state index in [1.807, 2.05) is 4.90 Å². The van der Waals surface area contributed by atoms with Gasteiger partial charge in [-0.05, 0) is 24.7 Å². The van der Waals surface area contributed by atoms with Crippen LogP contribution in [0.15, 0.2) is 0 Å². The SMILES string of the molecule is CCC1(CC)CCN(C(=O)N(C)C2COCC2C(=O)O)C1. The molecule has 2 heterocycles. The van der Waals surface area contributed by atoms with Crippen molar-refractivity contribution in [3.05, 3.63) is 0 Å². The van der Waals surface area contributed by atoms with Crippen molar-refractivity contribution >= 4 is 12.0 Å². The van der Waals surface area contributed by atoms with Gasteiger partial charge in [0.25, 0.3) is 0 Å². The van der Waals surface area contributed by atoms with Crippen molar-refractivity contribution in [2.45, 2.75) is 39.2 Å². The lowest BCUT2D eigenvalue weighted by Gasteiger charge is -2.32. The molecule has 0 aromatic carbocycles. The highest BCUT2D eigenvalue weighted by molar-refractivity contribution is 5.77. The molecule has 0 saturated carbocycles. The van der Waals surface area contributed by atoms with E-state index in [9.17, 15) is 14.7 Å². The van der Waals surface area contributed by atoms with E-state index in [-0.39, 0.29) is 24.1 Å². The summed E-state index contributed by atoms with van der Waals surface area (Å²) < 4.78 is 5.26. The summed E-state index contributed by atoms with van der Waals surface area (Å²) in [6, 6.07) is -0.436. The molecule has 0 bridgehead atoms. The third-order valence-electron chi connectivity index (χ3n) is 5.38. The number of carboxylic acids is 1. The number of amides is 2. The number of urea groups is 1. The molecule has 1 N–H and O–H groups in total. The van der Waals surface area contributed by atoms with Gasteiger partial charge in [-0.2, -0.15) is 0 Å². The van der Waals surface area contributed by atoms with Gasteiger partial charge in [0.2, 0.25) is 0 Å². The molecule has 120 valence electrons. The van der Waals surface area contributed by atoms with Gasteiger partial charge < -0.3 is 19.6 Å². The average Bonchev–Trinajstić information content (AvgIpc) is 3.13. The Hall–Kier alpha value is -1.30. The van der Waals surface area contributed by atoms with Crippen LogP contribution in [0.5, 0.6) is 0 Å². The first-order chi connectivity index (χ1) is 9.94. The number of ether oxygens (including phenoxy) is 1. The molecule has 2 aliphatic rings. The largest absolute Gasteiger partial charge is 0.481 e. The van der Waals surface area contributed by atoms with Crippen molar-refractivity contribution in [2.75, 3.05) is 33.4 Å². The Kier molecular flexibility index (Phi) is 4.76. The summed E-state index contributed by atoms with van der Waals surface area (Å²) >= 11 is 0. The zero-order chi connectivity index (χ0) is 15.6. The van der Waals surface area contributed by atoms with Crippen molar-refractivity contribution < 1.29 is 19.4 Å². The van der Waals surface area contributed by atoms with Gasteiger partial charge in [0.05, 0.1) is 19.3 Å². The van der Waals surface area contributed by atoms with E-state index < -0.39 is 11.9 Å². The summed E-state index contributed by atoms with van der Waals surface area (Å²) in [5.41, 5.74) is 0.231. The topological polar surface area (TPSA) is 70.1 Å². The molecule has 2 rings (SSSR count). The number of carbonyl (C=O) groups excluding carboxylic acids is 1. The minimum Gasteiger partial charge on any atom is -0.481 e. The van der Waals surface area contributed by atoms with Crippen LogP contribution < -0.4 is 0 Å². The second-order valence-electron chi connectivity index (χ2n) is 6.32. The van der Waals surface area contributed by atoms with Crippen molar-refractivity contribution in [2.24, 2.45) is 11.3 Å². The van der Waals surface area contributed by atoms with E-state index in [2.05, 4.69) is 13.8 Å². The number of carbonyl (C=O) groups is 2. The predicted molar refractivity (Wildman–Crippen MR) is 78.1 cm³/mol. The van der Waals surface area contributed by atoms with Gasteiger partial charge in [0, 0.05) is 20.1 Å². The fraction of sp³-hybridized carbons (Fsp3) is 0.867. The average molecular weight is 298 g/mol. The molecule has 6 heteroatoms. The van der Waals surface area contributed by atoms with Gasteiger partial charge in [-0.25, -0.2) is 4.79 Å². The first-order valence-corrected chi connectivity index (χ1v) is 7.76. The fourth-order valence-electron chi connectivity index (χ4n) is 3.45. The minimum atomic E-state index is -0.893. The number of nitrogens with zero attached hydrogens (tertiary/aromatic N) is 2. The monoisotopic (exact) mass is 298 g/mol. The van der Waals surface area contributed by atoms with E-state index >= 15 is 0 Å². The van der Waals surface area contributed by atoms with Crippen LogP contribution in [0.25, 0.3) is 0 Å². The van der Waals surface area contributed by atoms with E-state index in [0.717, 1.165) is 32.4 Å². The molecule has 0 radical (unpaired) electrons. The lowest BCUT2D eigenvalue weighted by molar-refractivity contribution is -0.142. The van der Waals surface area contributed by atoms with Gasteiger partial charge in [-0.1, -0.05) is 13.8 Å². The number of likely N-dealkylation sites (N-methyl/N-ethyl adjacent to an activating group) is 1. The van der Waals surface area contributed by atoms with Crippen LogP contribution in [0.1, 0.15) is 33.1 Å². The molecular formula is C15H26N2O4. The number of carboxylic acid groups (broad SMARTS) is 1. The van der Waals surface area contributed by atoms with Crippen molar-refractivity contribution in [1.29, 1.82) is 0 Å². The normalized spacial score (nSPS) is 27.9. The van der Waals surface area contributed by atoms with E-state index in [4.69, 9.17) is 4.74 Å². The Bertz CT molecular complexity index is 408. The maximum atomic E-state index is 12.6. The summed E-state index contributed by atoms with van der Waals surface area (Å²) in [6.45, 7) is 6.37. The molecule has 2 aliphatic heterocycles. The van der Waals surface area contributed by atoms with Gasteiger partial charge in [0.15, 0.2) is 0 Å². The first-order valence-electron chi connectivity index (χ1n) is 7.76. The molecule has 0 aromatic rings. The number of rotatable bonds is 4. The van der Waals surface area contributed by atoms with Gasteiger partial charge in [0.1, 0.15) is 5.92 Å². The molecule has 6 nitrogen and oxygen atoms in total. The highest BCUT2D eigenvalue weighted by atomic mass is 16.5. The van der Waals surface area contributed by atoms with Gasteiger partial charge in [-0.15, -0.1) is 0 Å². The summed E-state index contributed by atoms with van der Waals surface area (Å²) in [7, 11) is 1.69. The maximum Gasteiger partial charge on any atom is 0.320 e. The second kappa shape index (κ2) is 6.22. The number of hydrogen-bond donors (Lipinski definition) is 1. The summed E-state index contributed by atoms with van der Waals surface area (Å²) in [5.74, 6) is -1.52. The van der Waals surface area contributed by atoms with Crippen molar-refractivity contribution in [3.8, 4) is 0 Å². The third kappa shape index (κ3) is 3.00. The standard InChI is InChI=1S/C15H26N2O4/c1-4-15(5-2)6-7-17(10-15)14(20)16(3)12-9-21-8-11(12)13(18)19/h11-12H,4-10H2,1-3H3,(H,18,19). The smallest absolute Gasteiger partial charge is 0.320 e. The second-order valence-corrected chi connectivity index (χ2v) is 6.32. The lowest BCUT2D eigenvalue weighted by Crippen LogP contribution is -2.49. The predicted octanol–water partition coefficient (Wildman–Crippen LogP) is 1.65. The zero-order valence-corrected chi connectivity index (χ0v) is 13.2. The zero-order valence-electron chi connectivity index (χ0n) is 13.2. The van der Waals surface area contributed by atoms with Crippen LogP contribution in [0.4, 0.5) is 4.79 Å². The number of likely N-dealkylation sites (tertiary alicyclic amines) is 1. The minimum absolute atomic E-state index is 0.0690. The van der Waals surface area contributed by atoms with Crippen LogP contribution in [0.3, 0.4) is 0 Å². The molecule has 2 amide bonds. The van der Waals surface area contributed by atoms with Gasteiger partial charge in [-0.3, -0.25) is 4.79 Å². The van der Waals surface area contributed by atoms with E-state index in [1.165, 1.54) is 0 Å². The molecule has 21 heavy (non-hydrogen) atoms. The Morgan fingerprint density at radius 2 is 2.00 bits per heavy atom. The molecule has 2 saturated heterocycles.